The van der Waals surface area contributed by atoms with Crippen LogP contribution in [0.1, 0.15) is 42.0 Å². The molecule has 306 valence electrons. The van der Waals surface area contributed by atoms with Crippen LogP contribution in [0, 0.1) is 0 Å². The van der Waals surface area contributed by atoms with Crippen molar-refractivity contribution in [2.24, 2.45) is 0 Å². The van der Waals surface area contributed by atoms with Gasteiger partial charge >= 0.3 is 12.1 Å². The molecule has 0 heterocycles. The van der Waals surface area contributed by atoms with Crippen molar-refractivity contribution in [3.05, 3.63) is 138 Å². The van der Waals surface area contributed by atoms with Gasteiger partial charge in [-0.25, -0.2) is 0 Å². The number of carbonyl (C=O) groups is 6. The van der Waals surface area contributed by atoms with Gasteiger partial charge in [-0.2, -0.15) is 13.2 Å². The lowest BCUT2D eigenvalue weighted by atomic mass is 10.0. The Balaban J connectivity index is 1.57. The Labute approximate surface area is 332 Å². The number of carboxylic acid groups (broad SMARTS) is 1. The fourth-order valence-corrected chi connectivity index (χ4v) is 5.54. The van der Waals surface area contributed by atoms with Crippen molar-refractivity contribution in [1.29, 1.82) is 0 Å². The molecule has 0 bridgehead atoms. The van der Waals surface area contributed by atoms with E-state index in [1.54, 1.807) is 91.0 Å². The van der Waals surface area contributed by atoms with Gasteiger partial charge in [0.25, 0.3) is 0 Å². The number of para-hydroxylation sites is 1. The van der Waals surface area contributed by atoms with Crippen molar-refractivity contribution in [1.82, 2.24) is 21.3 Å². The van der Waals surface area contributed by atoms with Crippen LogP contribution in [0.4, 0.5) is 18.9 Å². The average Bonchev–Trinajstić information content (AvgIpc) is 3.20. The molecule has 4 rings (SSSR count). The topological polar surface area (TPSA) is 192 Å². The van der Waals surface area contributed by atoms with E-state index >= 15 is 0 Å². The van der Waals surface area contributed by atoms with Crippen LogP contribution in [-0.4, -0.2) is 71.4 Å². The molecule has 4 aromatic rings. The van der Waals surface area contributed by atoms with Crippen LogP contribution >= 0.6 is 0 Å². The second-order valence-electron chi connectivity index (χ2n) is 13.3. The summed E-state index contributed by atoms with van der Waals surface area (Å²) in [6.45, 7) is 0.892. The smallest absolute Gasteiger partial charge is 0.416 e. The number of ether oxygens (including phenoxy) is 1. The van der Waals surface area contributed by atoms with Crippen molar-refractivity contribution < 1.29 is 51.8 Å². The number of alkyl halides is 3. The van der Waals surface area contributed by atoms with Crippen molar-refractivity contribution in [3.63, 3.8) is 0 Å². The molecular formula is C42H44F3N5O8. The van der Waals surface area contributed by atoms with Crippen LogP contribution in [0.3, 0.4) is 0 Å². The molecule has 0 aromatic heterocycles. The number of hydrogen-bond donors (Lipinski definition) is 6. The maximum Gasteiger partial charge on any atom is 0.416 e. The van der Waals surface area contributed by atoms with Crippen molar-refractivity contribution in [2.45, 2.75) is 69.6 Å². The van der Waals surface area contributed by atoms with Crippen molar-refractivity contribution >= 4 is 41.2 Å². The Bertz CT molecular complexity index is 1990. The lowest BCUT2D eigenvalue weighted by molar-refractivity contribution is -0.142. The summed E-state index contributed by atoms with van der Waals surface area (Å²) in [5.41, 5.74) is 1.15. The molecule has 0 saturated heterocycles. The summed E-state index contributed by atoms with van der Waals surface area (Å²) in [6.07, 6.45) is -5.63. The van der Waals surface area contributed by atoms with Crippen LogP contribution in [0.25, 0.3) is 0 Å². The van der Waals surface area contributed by atoms with Gasteiger partial charge in [0, 0.05) is 31.4 Å². The van der Waals surface area contributed by atoms with Crippen LogP contribution in [0.15, 0.2) is 115 Å². The van der Waals surface area contributed by atoms with Gasteiger partial charge in [-0.1, -0.05) is 91.0 Å². The number of halogens is 3. The van der Waals surface area contributed by atoms with E-state index < -0.39 is 71.4 Å². The standard InChI is InChI=1S/C42H44F3N5O8/c1-27(41(56)57)46-38(53)33(23-28-11-5-2-6-12-28)49-39(54)34(24-29-17-19-31(20-18-29)42(43,44)45)50-40(55)35(26-58-25-30-13-7-3-8-14-30)48-37(52)22-21-36(51)47-32-15-9-4-10-16-32/h2-20,27,33-35H,21-26H2,1H3,(H,46,53)(H,47,51)(H,48,52)(H,49,54)(H,50,55)(H,56,57)/t27-,33+,34-,35+/m0/s1. The van der Waals surface area contributed by atoms with Crippen molar-refractivity contribution in [2.75, 3.05) is 11.9 Å². The molecule has 4 aromatic carbocycles. The van der Waals surface area contributed by atoms with Gasteiger partial charge < -0.3 is 36.4 Å². The third kappa shape index (κ3) is 14.8. The number of hydrogen-bond acceptors (Lipinski definition) is 7. The first kappa shape index (κ1) is 44.2. The molecule has 0 unspecified atom stereocenters. The molecule has 58 heavy (non-hydrogen) atoms. The highest BCUT2D eigenvalue weighted by atomic mass is 19.4. The maximum atomic E-state index is 14.0. The minimum absolute atomic E-state index is 0.0421. The SMILES string of the molecule is C[C@H](NC(=O)[C@@H](Cc1ccccc1)NC(=O)[C@H](Cc1ccc(C(F)(F)F)cc1)NC(=O)[C@@H](COCc1ccccc1)NC(=O)CCC(=O)Nc1ccccc1)C(=O)O. The largest absolute Gasteiger partial charge is 0.480 e. The summed E-state index contributed by atoms with van der Waals surface area (Å²) < 4.78 is 45.8. The number of nitrogens with one attached hydrogen (secondary N) is 5. The number of aliphatic carboxylic acids is 1. The van der Waals surface area contributed by atoms with E-state index in [-0.39, 0.29) is 44.5 Å². The zero-order valence-corrected chi connectivity index (χ0v) is 31.5. The molecule has 5 amide bonds. The quantitative estimate of drug-likeness (QED) is 0.0767. The average molecular weight is 804 g/mol. The summed E-state index contributed by atoms with van der Waals surface area (Å²) in [4.78, 5) is 78.5. The number of carboxylic acids is 1. The molecule has 0 aliphatic heterocycles. The lowest BCUT2D eigenvalue weighted by Crippen LogP contribution is -2.59. The zero-order chi connectivity index (χ0) is 42.1. The van der Waals surface area contributed by atoms with Crippen LogP contribution < -0.4 is 26.6 Å². The van der Waals surface area contributed by atoms with E-state index in [2.05, 4.69) is 26.6 Å². The molecule has 0 aliphatic carbocycles. The Morgan fingerprint density at radius 2 is 1.05 bits per heavy atom. The van der Waals surface area contributed by atoms with Crippen LogP contribution in [0.2, 0.25) is 0 Å². The fourth-order valence-electron chi connectivity index (χ4n) is 5.54. The maximum absolute atomic E-state index is 14.0. The molecule has 16 heteroatoms. The Kier molecular flexibility index (Phi) is 16.5. The van der Waals surface area contributed by atoms with Gasteiger partial charge in [0.05, 0.1) is 18.8 Å². The second-order valence-corrected chi connectivity index (χ2v) is 13.3. The van der Waals surface area contributed by atoms with E-state index in [0.29, 0.717) is 11.3 Å². The van der Waals surface area contributed by atoms with Gasteiger partial charge in [-0.3, -0.25) is 28.8 Å². The summed E-state index contributed by atoms with van der Waals surface area (Å²) in [7, 11) is 0. The monoisotopic (exact) mass is 803 g/mol. The normalized spacial score (nSPS) is 13.2. The predicted octanol–water partition coefficient (Wildman–Crippen LogP) is 4.17. The van der Waals surface area contributed by atoms with E-state index in [4.69, 9.17) is 4.74 Å². The molecule has 0 radical (unpaired) electrons. The van der Waals surface area contributed by atoms with Gasteiger partial charge in [-0.05, 0) is 47.9 Å². The number of carbonyl (C=O) groups excluding carboxylic acids is 5. The predicted molar refractivity (Wildman–Crippen MR) is 207 cm³/mol. The molecule has 6 N–H and O–H groups in total. The molecule has 0 saturated carbocycles. The number of benzene rings is 4. The Hall–Kier alpha value is -6.55. The van der Waals surface area contributed by atoms with Crippen LogP contribution in [0.5, 0.6) is 0 Å². The number of amides is 5. The third-order valence-electron chi connectivity index (χ3n) is 8.68. The van der Waals surface area contributed by atoms with Gasteiger partial charge in [0.2, 0.25) is 29.5 Å². The summed E-state index contributed by atoms with van der Waals surface area (Å²) in [5, 5.41) is 22.0. The highest BCUT2D eigenvalue weighted by molar-refractivity contribution is 5.96. The molecule has 0 aliphatic rings. The number of anilines is 1. The summed E-state index contributed by atoms with van der Waals surface area (Å²) in [5.74, 6) is -5.16. The lowest BCUT2D eigenvalue weighted by Gasteiger charge is -2.26. The minimum atomic E-state index is -4.64. The van der Waals surface area contributed by atoms with E-state index in [0.717, 1.165) is 29.8 Å². The molecule has 0 spiro atoms. The summed E-state index contributed by atoms with van der Waals surface area (Å²) >= 11 is 0. The minimum Gasteiger partial charge on any atom is -0.480 e. The molecule has 4 atom stereocenters. The fraction of sp³-hybridized carbons (Fsp3) is 0.286. The van der Waals surface area contributed by atoms with Gasteiger partial charge in [0.15, 0.2) is 0 Å². The van der Waals surface area contributed by atoms with Crippen molar-refractivity contribution in [3.8, 4) is 0 Å². The van der Waals surface area contributed by atoms with Gasteiger partial charge in [0.1, 0.15) is 24.2 Å². The number of rotatable bonds is 20. The third-order valence-corrected chi connectivity index (χ3v) is 8.68. The van der Waals surface area contributed by atoms with Gasteiger partial charge in [-0.15, -0.1) is 0 Å². The van der Waals surface area contributed by atoms with E-state index in [1.165, 1.54) is 6.92 Å². The molecule has 0 fully saturated rings. The summed E-state index contributed by atoms with van der Waals surface area (Å²) in [6, 6.07) is 24.3. The van der Waals surface area contributed by atoms with E-state index in [9.17, 15) is 47.0 Å². The molecular weight excluding hydrogens is 759 g/mol. The zero-order valence-electron chi connectivity index (χ0n) is 31.5. The first-order valence-corrected chi connectivity index (χ1v) is 18.3. The highest BCUT2D eigenvalue weighted by Gasteiger charge is 2.33. The highest BCUT2D eigenvalue weighted by Crippen LogP contribution is 2.29. The first-order chi connectivity index (χ1) is 27.7. The van der Waals surface area contributed by atoms with E-state index in [1.807, 2.05) is 0 Å². The molecule has 13 nitrogen and oxygen atoms in total. The Morgan fingerprint density at radius 3 is 1.59 bits per heavy atom. The Morgan fingerprint density at radius 1 is 0.586 bits per heavy atom. The van der Waals surface area contributed by atoms with Crippen LogP contribution in [-0.2, 0) is 59.1 Å². The first-order valence-electron chi connectivity index (χ1n) is 18.3. The second kappa shape index (κ2) is 21.7.